The molecule has 0 amide bonds. The van der Waals surface area contributed by atoms with Crippen LogP contribution in [-0.4, -0.2) is 0 Å². The van der Waals surface area contributed by atoms with E-state index in [0.717, 1.165) is 5.69 Å². The van der Waals surface area contributed by atoms with Crippen molar-refractivity contribution in [3.63, 3.8) is 0 Å². The molecular formula is C12H9BrClFN2. The van der Waals surface area contributed by atoms with Crippen molar-refractivity contribution in [2.75, 3.05) is 11.1 Å². The maximum Gasteiger partial charge on any atom is 0.139 e. The highest BCUT2D eigenvalue weighted by molar-refractivity contribution is 9.10. The van der Waals surface area contributed by atoms with E-state index in [4.69, 9.17) is 17.3 Å². The summed E-state index contributed by atoms with van der Waals surface area (Å²) in [6.07, 6.45) is 0. The minimum absolute atomic E-state index is 0.339. The Hall–Kier alpha value is -1.26. The highest BCUT2D eigenvalue weighted by Gasteiger charge is 2.06. The lowest BCUT2D eigenvalue weighted by atomic mass is 10.2. The molecule has 0 saturated carbocycles. The molecule has 0 heterocycles. The van der Waals surface area contributed by atoms with Gasteiger partial charge in [-0.1, -0.05) is 17.7 Å². The Balaban J connectivity index is 2.33. The zero-order valence-electron chi connectivity index (χ0n) is 8.68. The first-order chi connectivity index (χ1) is 8.06. The molecule has 0 aliphatic carbocycles. The van der Waals surface area contributed by atoms with Gasteiger partial charge in [-0.3, -0.25) is 0 Å². The first kappa shape index (κ1) is 12.2. The van der Waals surface area contributed by atoms with Gasteiger partial charge in [0.25, 0.3) is 0 Å². The fraction of sp³-hybridized carbons (Fsp3) is 0. The summed E-state index contributed by atoms with van der Waals surface area (Å²) in [4.78, 5) is 0. The van der Waals surface area contributed by atoms with Crippen LogP contribution in [0.1, 0.15) is 0 Å². The van der Waals surface area contributed by atoms with E-state index >= 15 is 0 Å². The van der Waals surface area contributed by atoms with E-state index in [0.29, 0.717) is 20.9 Å². The van der Waals surface area contributed by atoms with Crippen LogP contribution in [0.2, 0.25) is 5.02 Å². The molecule has 88 valence electrons. The molecule has 0 atom stereocenters. The lowest BCUT2D eigenvalue weighted by Crippen LogP contribution is -1.97. The summed E-state index contributed by atoms with van der Waals surface area (Å²) in [5.74, 6) is -0.390. The molecule has 0 aromatic heterocycles. The van der Waals surface area contributed by atoms with E-state index < -0.39 is 0 Å². The van der Waals surface area contributed by atoms with Crippen molar-refractivity contribution < 1.29 is 4.39 Å². The van der Waals surface area contributed by atoms with Gasteiger partial charge in [0, 0.05) is 16.8 Å². The lowest BCUT2D eigenvalue weighted by molar-refractivity contribution is 0.622. The van der Waals surface area contributed by atoms with Crippen LogP contribution >= 0.6 is 27.5 Å². The fourth-order valence-electron chi connectivity index (χ4n) is 1.39. The second kappa shape index (κ2) is 4.94. The van der Waals surface area contributed by atoms with Crippen molar-refractivity contribution in [2.45, 2.75) is 0 Å². The SMILES string of the molecule is Nc1cc(F)c(Br)cc1Nc1cccc(Cl)c1. The normalized spacial score (nSPS) is 10.3. The number of rotatable bonds is 2. The van der Waals surface area contributed by atoms with Gasteiger partial charge in [-0.25, -0.2) is 4.39 Å². The number of benzene rings is 2. The predicted octanol–water partition coefficient (Wildman–Crippen LogP) is 4.57. The smallest absolute Gasteiger partial charge is 0.139 e. The van der Waals surface area contributed by atoms with Gasteiger partial charge in [-0.2, -0.15) is 0 Å². The molecular weight excluding hydrogens is 307 g/mol. The third-order valence-electron chi connectivity index (χ3n) is 2.20. The Labute approximate surface area is 112 Å². The largest absolute Gasteiger partial charge is 0.397 e. The van der Waals surface area contributed by atoms with Gasteiger partial charge in [0.15, 0.2) is 0 Å². The second-order valence-corrected chi connectivity index (χ2v) is 4.78. The third kappa shape index (κ3) is 2.90. The molecule has 0 saturated heterocycles. The zero-order valence-corrected chi connectivity index (χ0v) is 11.0. The Kier molecular flexibility index (Phi) is 3.54. The first-order valence-electron chi connectivity index (χ1n) is 4.83. The summed E-state index contributed by atoms with van der Waals surface area (Å²) in [5.41, 5.74) is 7.48. The van der Waals surface area contributed by atoms with E-state index in [-0.39, 0.29) is 5.82 Å². The fourth-order valence-corrected chi connectivity index (χ4v) is 1.93. The molecule has 2 nitrogen and oxygen atoms in total. The van der Waals surface area contributed by atoms with Crippen molar-refractivity contribution >= 4 is 44.6 Å². The minimum atomic E-state index is -0.390. The van der Waals surface area contributed by atoms with E-state index in [2.05, 4.69) is 21.2 Å². The molecule has 2 aromatic carbocycles. The topological polar surface area (TPSA) is 38.0 Å². The zero-order chi connectivity index (χ0) is 12.4. The number of nitrogens with one attached hydrogen (secondary N) is 1. The van der Waals surface area contributed by atoms with Crippen LogP contribution in [0.3, 0.4) is 0 Å². The van der Waals surface area contributed by atoms with Crippen LogP contribution in [0.5, 0.6) is 0 Å². The average Bonchev–Trinajstić information content (AvgIpc) is 2.26. The van der Waals surface area contributed by atoms with E-state index in [1.807, 2.05) is 12.1 Å². The van der Waals surface area contributed by atoms with Gasteiger partial charge in [-0.05, 0) is 40.2 Å². The van der Waals surface area contributed by atoms with Gasteiger partial charge >= 0.3 is 0 Å². The second-order valence-electron chi connectivity index (χ2n) is 3.49. The summed E-state index contributed by atoms with van der Waals surface area (Å²) >= 11 is 8.98. The summed E-state index contributed by atoms with van der Waals surface area (Å²) in [5, 5.41) is 3.70. The number of hydrogen-bond acceptors (Lipinski definition) is 2. The molecule has 0 aliphatic rings. The number of halogens is 3. The first-order valence-corrected chi connectivity index (χ1v) is 6.00. The van der Waals surface area contributed by atoms with Crippen molar-refractivity contribution in [1.82, 2.24) is 0 Å². The Morgan fingerprint density at radius 2 is 2.00 bits per heavy atom. The number of nitrogens with two attached hydrogens (primary N) is 1. The maximum atomic E-state index is 13.2. The third-order valence-corrected chi connectivity index (χ3v) is 3.04. The Bertz CT molecular complexity index is 560. The van der Waals surface area contributed by atoms with Crippen LogP contribution in [0.4, 0.5) is 21.5 Å². The number of anilines is 3. The van der Waals surface area contributed by atoms with Crippen molar-refractivity contribution in [3.05, 3.63) is 51.7 Å². The summed E-state index contributed by atoms with van der Waals surface area (Å²) in [7, 11) is 0. The molecule has 2 aromatic rings. The highest BCUT2D eigenvalue weighted by atomic mass is 79.9. The van der Waals surface area contributed by atoms with E-state index in [1.165, 1.54) is 6.07 Å². The quantitative estimate of drug-likeness (QED) is 0.797. The van der Waals surface area contributed by atoms with Crippen LogP contribution in [0.25, 0.3) is 0 Å². The van der Waals surface area contributed by atoms with Crippen molar-refractivity contribution in [2.24, 2.45) is 0 Å². The van der Waals surface area contributed by atoms with Crippen LogP contribution in [0.15, 0.2) is 40.9 Å². The maximum absolute atomic E-state index is 13.2. The number of hydrogen-bond donors (Lipinski definition) is 2. The molecule has 5 heteroatoms. The molecule has 0 aliphatic heterocycles. The molecule has 0 fully saturated rings. The Morgan fingerprint density at radius 1 is 1.24 bits per heavy atom. The summed E-state index contributed by atoms with van der Waals surface area (Å²) < 4.78 is 13.5. The summed E-state index contributed by atoms with van der Waals surface area (Å²) in [6, 6.07) is 10.1. The van der Waals surface area contributed by atoms with E-state index in [1.54, 1.807) is 18.2 Å². The van der Waals surface area contributed by atoms with Gasteiger partial charge in [0.1, 0.15) is 5.82 Å². The Morgan fingerprint density at radius 3 is 2.71 bits per heavy atom. The van der Waals surface area contributed by atoms with Crippen molar-refractivity contribution in [3.8, 4) is 0 Å². The highest BCUT2D eigenvalue weighted by Crippen LogP contribution is 2.29. The van der Waals surface area contributed by atoms with E-state index in [9.17, 15) is 4.39 Å². The lowest BCUT2D eigenvalue weighted by Gasteiger charge is -2.10. The molecule has 0 bridgehead atoms. The minimum Gasteiger partial charge on any atom is -0.397 e. The number of nitrogen functional groups attached to an aromatic ring is 1. The molecule has 0 spiro atoms. The average molecular weight is 316 g/mol. The van der Waals surface area contributed by atoms with Crippen molar-refractivity contribution in [1.29, 1.82) is 0 Å². The van der Waals surface area contributed by atoms with Gasteiger partial charge in [-0.15, -0.1) is 0 Å². The molecule has 0 unspecified atom stereocenters. The predicted molar refractivity (Wildman–Crippen MR) is 73.2 cm³/mol. The molecule has 17 heavy (non-hydrogen) atoms. The van der Waals surface area contributed by atoms with Crippen LogP contribution in [-0.2, 0) is 0 Å². The molecule has 3 N–H and O–H groups in total. The van der Waals surface area contributed by atoms with Gasteiger partial charge in [0.2, 0.25) is 0 Å². The van der Waals surface area contributed by atoms with Crippen LogP contribution < -0.4 is 11.1 Å². The van der Waals surface area contributed by atoms with Gasteiger partial charge < -0.3 is 11.1 Å². The molecule has 2 rings (SSSR count). The summed E-state index contributed by atoms with van der Waals surface area (Å²) in [6.45, 7) is 0. The monoisotopic (exact) mass is 314 g/mol. The standard InChI is InChI=1S/C12H9BrClFN2/c13-9-5-12(11(16)6-10(9)15)17-8-3-1-2-7(14)4-8/h1-6,17H,16H2. The molecule has 0 radical (unpaired) electrons. The van der Waals surface area contributed by atoms with Gasteiger partial charge in [0.05, 0.1) is 15.8 Å². The van der Waals surface area contributed by atoms with Crippen LogP contribution in [0, 0.1) is 5.82 Å².